The van der Waals surface area contributed by atoms with Crippen LogP contribution in [0, 0.1) is 0 Å². The number of hydrogen-bond acceptors (Lipinski definition) is 2. The Hall–Kier alpha value is -0.123. The summed E-state index contributed by atoms with van der Waals surface area (Å²) in [5, 5.41) is 0. The van der Waals surface area contributed by atoms with Gasteiger partial charge >= 0.3 is 9.28 Å². The largest absolute Gasteiger partial charge is 0.415 e. The van der Waals surface area contributed by atoms with E-state index in [-0.39, 0.29) is 0 Å². The van der Waals surface area contributed by atoms with Gasteiger partial charge in [0, 0.05) is 13.2 Å². The summed E-state index contributed by atoms with van der Waals surface area (Å²) in [6.45, 7) is 7.64. The van der Waals surface area contributed by atoms with Crippen molar-refractivity contribution in [3.8, 4) is 0 Å². The molecule has 3 heteroatoms. The van der Waals surface area contributed by atoms with Crippen LogP contribution in [-0.2, 0) is 8.85 Å². The molecule has 0 aromatic carbocycles. The van der Waals surface area contributed by atoms with E-state index in [1.807, 2.05) is 13.8 Å². The number of rotatable bonds is 7. The molecule has 0 saturated heterocycles. The highest BCUT2D eigenvalue weighted by molar-refractivity contribution is 6.50. The van der Waals surface area contributed by atoms with Crippen LogP contribution in [0.5, 0.6) is 0 Å². The van der Waals surface area contributed by atoms with E-state index in [1.165, 1.54) is 6.42 Å². The van der Waals surface area contributed by atoms with E-state index in [0.717, 1.165) is 19.6 Å². The molecule has 0 N–H and O–H groups in total. The van der Waals surface area contributed by atoms with Crippen molar-refractivity contribution in [2.45, 2.75) is 33.6 Å². The Bertz CT molecular complexity index is 109. The van der Waals surface area contributed by atoms with Gasteiger partial charge in [-0.2, -0.15) is 0 Å². The first-order valence-electron chi connectivity index (χ1n) is 4.64. The maximum Gasteiger partial charge on any atom is 0.415 e. The van der Waals surface area contributed by atoms with Crippen LogP contribution in [0.4, 0.5) is 0 Å². The third-order valence-electron chi connectivity index (χ3n) is 1.28. The molecule has 0 aliphatic rings. The van der Waals surface area contributed by atoms with Gasteiger partial charge in [0.25, 0.3) is 0 Å². The maximum absolute atomic E-state index is 5.42. The van der Waals surface area contributed by atoms with Gasteiger partial charge in [-0.3, -0.25) is 0 Å². The molecule has 12 heavy (non-hydrogen) atoms. The predicted molar refractivity (Wildman–Crippen MR) is 53.1 cm³/mol. The van der Waals surface area contributed by atoms with E-state index in [1.54, 1.807) is 0 Å². The number of allylic oxidation sites excluding steroid dienone is 1. The first-order chi connectivity index (χ1) is 5.85. The first kappa shape index (κ1) is 11.9. The standard InChI is InChI=1S/C9H19O2Si/c1-4-7-8-9-12(10-5-2)11-6-3/h8-9H,4-7H2,1-3H3. The van der Waals surface area contributed by atoms with Crippen LogP contribution in [-0.4, -0.2) is 22.5 Å². The Morgan fingerprint density at radius 1 is 1.08 bits per heavy atom. The summed E-state index contributed by atoms with van der Waals surface area (Å²) in [7, 11) is -1.10. The fraction of sp³-hybridized carbons (Fsp3) is 0.778. The minimum Gasteiger partial charge on any atom is -0.391 e. The van der Waals surface area contributed by atoms with Crippen molar-refractivity contribution in [2.75, 3.05) is 13.2 Å². The number of hydrogen-bond donors (Lipinski definition) is 0. The molecular weight excluding hydrogens is 168 g/mol. The Morgan fingerprint density at radius 3 is 2.08 bits per heavy atom. The van der Waals surface area contributed by atoms with Crippen molar-refractivity contribution in [3.63, 3.8) is 0 Å². The summed E-state index contributed by atoms with van der Waals surface area (Å²) in [4.78, 5) is 0. The summed E-state index contributed by atoms with van der Waals surface area (Å²) < 4.78 is 10.8. The zero-order valence-electron chi connectivity index (χ0n) is 8.30. The lowest BCUT2D eigenvalue weighted by Crippen LogP contribution is -2.20. The van der Waals surface area contributed by atoms with Gasteiger partial charge in [0.1, 0.15) is 0 Å². The highest BCUT2D eigenvalue weighted by Gasteiger charge is 2.08. The van der Waals surface area contributed by atoms with Gasteiger partial charge in [0.05, 0.1) is 0 Å². The molecule has 1 radical (unpaired) electrons. The van der Waals surface area contributed by atoms with Gasteiger partial charge in [0.15, 0.2) is 0 Å². The van der Waals surface area contributed by atoms with E-state index in [2.05, 4.69) is 18.7 Å². The summed E-state index contributed by atoms with van der Waals surface area (Å²) in [6, 6.07) is 0. The lowest BCUT2D eigenvalue weighted by Gasteiger charge is -2.07. The van der Waals surface area contributed by atoms with Crippen LogP contribution in [0.1, 0.15) is 33.6 Å². The summed E-state index contributed by atoms with van der Waals surface area (Å²) in [5.41, 5.74) is 2.08. The van der Waals surface area contributed by atoms with Crippen LogP contribution in [0.15, 0.2) is 11.8 Å². The second kappa shape index (κ2) is 8.97. The fourth-order valence-electron chi connectivity index (χ4n) is 0.769. The van der Waals surface area contributed by atoms with Gasteiger partial charge in [-0.05, 0) is 26.0 Å². The van der Waals surface area contributed by atoms with Crippen molar-refractivity contribution < 1.29 is 8.85 Å². The highest BCUT2D eigenvalue weighted by atomic mass is 28.3. The summed E-state index contributed by atoms with van der Waals surface area (Å²) in [6.07, 6.45) is 4.46. The normalized spacial score (nSPS) is 11.7. The molecule has 0 rings (SSSR count). The SMILES string of the molecule is CCCC=C[Si](OCC)OCC. The van der Waals surface area contributed by atoms with Crippen LogP contribution in [0.2, 0.25) is 0 Å². The molecule has 2 nitrogen and oxygen atoms in total. The van der Waals surface area contributed by atoms with E-state index in [0.29, 0.717) is 0 Å². The summed E-state index contributed by atoms with van der Waals surface area (Å²) in [5.74, 6) is 0. The topological polar surface area (TPSA) is 18.5 Å². The lowest BCUT2D eigenvalue weighted by molar-refractivity contribution is 0.224. The molecule has 0 aromatic heterocycles. The number of unbranched alkanes of at least 4 members (excludes halogenated alkanes) is 1. The third kappa shape index (κ3) is 6.58. The maximum atomic E-state index is 5.42. The third-order valence-corrected chi connectivity index (χ3v) is 2.94. The molecule has 0 unspecified atom stereocenters. The second-order valence-electron chi connectivity index (χ2n) is 2.38. The smallest absolute Gasteiger partial charge is 0.391 e. The molecule has 0 bridgehead atoms. The minimum absolute atomic E-state index is 0.741. The highest BCUT2D eigenvalue weighted by Crippen LogP contribution is 1.95. The quantitative estimate of drug-likeness (QED) is 0.570. The molecule has 0 fully saturated rings. The first-order valence-corrected chi connectivity index (χ1v) is 6.03. The van der Waals surface area contributed by atoms with Gasteiger partial charge < -0.3 is 8.85 Å². The van der Waals surface area contributed by atoms with Crippen LogP contribution >= 0.6 is 0 Å². The minimum atomic E-state index is -1.10. The summed E-state index contributed by atoms with van der Waals surface area (Å²) >= 11 is 0. The van der Waals surface area contributed by atoms with Crippen LogP contribution < -0.4 is 0 Å². The molecule has 0 aliphatic heterocycles. The molecular formula is C9H19O2Si. The van der Waals surface area contributed by atoms with Gasteiger partial charge in [-0.25, -0.2) is 0 Å². The monoisotopic (exact) mass is 187 g/mol. The fourth-order valence-corrected chi connectivity index (χ4v) is 1.97. The molecule has 0 aliphatic carbocycles. The van der Waals surface area contributed by atoms with Crippen molar-refractivity contribution in [2.24, 2.45) is 0 Å². The molecule has 0 amide bonds. The molecule has 0 heterocycles. The molecule has 71 valence electrons. The Labute approximate surface area is 77.4 Å². The van der Waals surface area contributed by atoms with Gasteiger partial charge in [-0.15, -0.1) is 0 Å². The molecule has 0 aromatic rings. The van der Waals surface area contributed by atoms with E-state index in [4.69, 9.17) is 8.85 Å². The van der Waals surface area contributed by atoms with E-state index < -0.39 is 9.28 Å². The van der Waals surface area contributed by atoms with E-state index in [9.17, 15) is 0 Å². The zero-order chi connectivity index (χ0) is 9.23. The van der Waals surface area contributed by atoms with Crippen LogP contribution in [0.3, 0.4) is 0 Å². The molecule has 0 atom stereocenters. The van der Waals surface area contributed by atoms with E-state index >= 15 is 0 Å². The average molecular weight is 187 g/mol. The van der Waals surface area contributed by atoms with Crippen molar-refractivity contribution in [3.05, 3.63) is 11.8 Å². The van der Waals surface area contributed by atoms with Gasteiger partial charge in [-0.1, -0.05) is 19.4 Å². The van der Waals surface area contributed by atoms with Crippen molar-refractivity contribution in [1.29, 1.82) is 0 Å². The Balaban J connectivity index is 3.60. The second-order valence-corrected chi connectivity index (χ2v) is 3.92. The zero-order valence-corrected chi connectivity index (χ0v) is 9.30. The molecule has 0 saturated carbocycles. The Kier molecular flexibility index (Phi) is 8.88. The Morgan fingerprint density at radius 2 is 1.67 bits per heavy atom. The van der Waals surface area contributed by atoms with Crippen molar-refractivity contribution in [1.82, 2.24) is 0 Å². The van der Waals surface area contributed by atoms with Crippen LogP contribution in [0.25, 0.3) is 0 Å². The lowest BCUT2D eigenvalue weighted by atomic mass is 10.3. The van der Waals surface area contributed by atoms with Gasteiger partial charge in [0.2, 0.25) is 0 Å². The molecule has 0 spiro atoms. The van der Waals surface area contributed by atoms with Crippen molar-refractivity contribution >= 4 is 9.28 Å². The predicted octanol–water partition coefficient (Wildman–Crippen LogP) is 2.44. The average Bonchev–Trinajstić information content (AvgIpc) is 2.06.